The van der Waals surface area contributed by atoms with Gasteiger partial charge in [-0.15, -0.1) is 6.58 Å². The van der Waals surface area contributed by atoms with Gasteiger partial charge in [0.2, 0.25) is 0 Å². The zero-order chi connectivity index (χ0) is 17.1. The Hall–Kier alpha value is -2.39. The normalized spacial score (nSPS) is 16.0. The Morgan fingerprint density at radius 1 is 1.57 bits per heavy atom. The summed E-state index contributed by atoms with van der Waals surface area (Å²) in [4.78, 5) is 24.2. The molecule has 1 amide bonds. The van der Waals surface area contributed by atoms with Gasteiger partial charge in [-0.25, -0.2) is 0 Å². The van der Waals surface area contributed by atoms with Crippen molar-refractivity contribution in [3.05, 3.63) is 45.4 Å². The van der Waals surface area contributed by atoms with Crippen molar-refractivity contribution >= 4 is 46.0 Å². The van der Waals surface area contributed by atoms with Crippen molar-refractivity contribution in [3.8, 4) is 11.5 Å². The number of nitrogens with zero attached hydrogens (tertiary/aromatic N) is 2. The van der Waals surface area contributed by atoms with E-state index in [4.69, 9.17) is 17.0 Å². The average molecular weight is 352 g/mol. The van der Waals surface area contributed by atoms with Crippen molar-refractivity contribution in [1.29, 1.82) is 0 Å². The van der Waals surface area contributed by atoms with Crippen LogP contribution in [0.5, 0.6) is 11.5 Å². The van der Waals surface area contributed by atoms with Crippen molar-refractivity contribution in [2.75, 3.05) is 13.7 Å². The van der Waals surface area contributed by atoms with Gasteiger partial charge in [-0.1, -0.05) is 30.1 Å². The summed E-state index contributed by atoms with van der Waals surface area (Å²) < 4.78 is 5.28. The van der Waals surface area contributed by atoms with E-state index >= 15 is 0 Å². The topological polar surface area (TPSA) is 92.9 Å². The van der Waals surface area contributed by atoms with Crippen LogP contribution in [-0.4, -0.2) is 38.8 Å². The zero-order valence-electron chi connectivity index (χ0n) is 12.0. The number of thiocarbonyl (C=S) groups is 1. The number of benzene rings is 1. The Balaban J connectivity index is 2.48. The number of carbonyl (C=O) groups excluding carboxylic acids is 1. The molecule has 0 saturated carbocycles. The van der Waals surface area contributed by atoms with Crippen molar-refractivity contribution in [2.45, 2.75) is 0 Å². The third kappa shape index (κ3) is 3.35. The van der Waals surface area contributed by atoms with E-state index in [0.29, 0.717) is 4.32 Å². The van der Waals surface area contributed by atoms with E-state index in [9.17, 15) is 20.0 Å². The number of hydrogen-bond acceptors (Lipinski definition) is 7. The Bertz CT molecular complexity index is 745. The fourth-order valence-electron chi connectivity index (χ4n) is 1.91. The summed E-state index contributed by atoms with van der Waals surface area (Å²) in [6.45, 7) is 3.83. The molecule has 0 bridgehead atoms. The van der Waals surface area contributed by atoms with Gasteiger partial charge in [-0.05, 0) is 6.08 Å². The molecule has 120 valence electrons. The number of nitro benzene ring substituents is 1. The standard InChI is InChI=1S/C14H12N2O5S2/c1-3-4-15-13(18)11(23-14(15)22)6-8-5-9(16(19)20)7-10(21-2)12(8)17/h3,5-7,17H,1,4H2,2H3/b11-6+. The molecule has 0 unspecified atom stereocenters. The maximum absolute atomic E-state index is 12.2. The van der Waals surface area contributed by atoms with Gasteiger partial charge in [0, 0.05) is 18.2 Å². The molecule has 0 aromatic heterocycles. The molecular weight excluding hydrogens is 340 g/mol. The smallest absolute Gasteiger partial charge is 0.274 e. The number of carbonyl (C=O) groups is 1. The minimum Gasteiger partial charge on any atom is -0.504 e. The molecule has 1 aliphatic rings. The largest absolute Gasteiger partial charge is 0.504 e. The lowest BCUT2D eigenvalue weighted by atomic mass is 10.1. The summed E-state index contributed by atoms with van der Waals surface area (Å²) in [6, 6.07) is 2.27. The van der Waals surface area contributed by atoms with E-state index in [1.807, 2.05) is 0 Å². The molecule has 0 spiro atoms. The van der Waals surface area contributed by atoms with E-state index < -0.39 is 4.92 Å². The summed E-state index contributed by atoms with van der Waals surface area (Å²) in [5.74, 6) is -0.677. The summed E-state index contributed by atoms with van der Waals surface area (Å²) in [7, 11) is 1.28. The number of aromatic hydroxyl groups is 1. The molecule has 1 heterocycles. The molecule has 1 aliphatic heterocycles. The van der Waals surface area contributed by atoms with Crippen molar-refractivity contribution in [3.63, 3.8) is 0 Å². The van der Waals surface area contributed by atoms with Gasteiger partial charge >= 0.3 is 0 Å². The SMILES string of the molecule is C=CCN1C(=O)/C(=C\c2cc([N+](=O)[O-])cc(OC)c2O)SC1=S. The zero-order valence-corrected chi connectivity index (χ0v) is 13.6. The van der Waals surface area contributed by atoms with Gasteiger partial charge in [0.05, 0.1) is 23.0 Å². The van der Waals surface area contributed by atoms with E-state index in [0.717, 1.165) is 23.9 Å². The number of rotatable bonds is 5. The van der Waals surface area contributed by atoms with Gasteiger partial charge < -0.3 is 9.84 Å². The van der Waals surface area contributed by atoms with E-state index in [1.165, 1.54) is 18.1 Å². The summed E-state index contributed by atoms with van der Waals surface area (Å²) in [6.07, 6.45) is 2.90. The number of phenols is 1. The Labute approximate surface area is 141 Å². The first-order chi connectivity index (χ1) is 10.9. The van der Waals surface area contributed by atoms with E-state index in [1.54, 1.807) is 6.08 Å². The van der Waals surface area contributed by atoms with Crippen molar-refractivity contribution in [2.24, 2.45) is 0 Å². The molecule has 1 aromatic rings. The number of hydrogen-bond donors (Lipinski definition) is 1. The lowest BCUT2D eigenvalue weighted by Gasteiger charge is -2.10. The van der Waals surface area contributed by atoms with E-state index in [-0.39, 0.29) is 40.1 Å². The molecule has 0 atom stereocenters. The monoisotopic (exact) mass is 352 g/mol. The van der Waals surface area contributed by atoms with Crippen LogP contribution in [0.15, 0.2) is 29.7 Å². The molecule has 9 heteroatoms. The fraction of sp³-hybridized carbons (Fsp3) is 0.143. The van der Waals surface area contributed by atoms with Crippen molar-refractivity contribution in [1.82, 2.24) is 4.90 Å². The summed E-state index contributed by atoms with van der Waals surface area (Å²) in [5, 5.41) is 21.1. The first kappa shape index (κ1) is 17.0. The summed E-state index contributed by atoms with van der Waals surface area (Å²) >= 11 is 6.16. The van der Waals surface area contributed by atoms with Gasteiger partial charge in [-0.2, -0.15) is 0 Å². The van der Waals surface area contributed by atoms with Gasteiger partial charge in [0.15, 0.2) is 11.5 Å². The molecule has 7 nitrogen and oxygen atoms in total. The minimum atomic E-state index is -0.609. The quantitative estimate of drug-likeness (QED) is 0.286. The van der Waals surface area contributed by atoms with Gasteiger partial charge in [0.25, 0.3) is 11.6 Å². The third-order valence-corrected chi connectivity index (χ3v) is 4.37. The first-order valence-corrected chi connectivity index (χ1v) is 7.53. The van der Waals surface area contributed by atoms with Crippen LogP contribution < -0.4 is 4.74 Å². The lowest BCUT2D eigenvalue weighted by Crippen LogP contribution is -2.27. The predicted molar refractivity (Wildman–Crippen MR) is 91.4 cm³/mol. The molecular formula is C14H12N2O5S2. The Kier molecular flexibility index (Phi) is 5.02. The maximum atomic E-state index is 12.2. The van der Waals surface area contributed by atoms with Gasteiger partial charge in [0.1, 0.15) is 4.32 Å². The highest BCUT2D eigenvalue weighted by Gasteiger charge is 2.31. The molecule has 1 fully saturated rings. The van der Waals surface area contributed by atoms with Crippen LogP contribution in [-0.2, 0) is 4.79 Å². The molecule has 0 radical (unpaired) electrons. The molecule has 0 aliphatic carbocycles. The second kappa shape index (κ2) is 6.80. The first-order valence-electron chi connectivity index (χ1n) is 6.30. The lowest BCUT2D eigenvalue weighted by molar-refractivity contribution is -0.385. The molecule has 2 rings (SSSR count). The van der Waals surface area contributed by atoms with Crippen LogP contribution in [0.3, 0.4) is 0 Å². The Morgan fingerprint density at radius 3 is 2.83 bits per heavy atom. The number of non-ortho nitro benzene ring substituents is 1. The van der Waals surface area contributed by atoms with Crippen LogP contribution in [0.25, 0.3) is 6.08 Å². The molecule has 1 aromatic carbocycles. The number of nitro groups is 1. The van der Waals surface area contributed by atoms with Crippen LogP contribution in [0.1, 0.15) is 5.56 Å². The third-order valence-electron chi connectivity index (χ3n) is 2.99. The number of ether oxygens (including phenoxy) is 1. The minimum absolute atomic E-state index is 0.0491. The maximum Gasteiger partial charge on any atom is 0.274 e. The molecule has 1 saturated heterocycles. The van der Waals surface area contributed by atoms with E-state index in [2.05, 4.69) is 6.58 Å². The second-order valence-corrected chi connectivity index (χ2v) is 6.10. The predicted octanol–water partition coefficient (Wildman–Crippen LogP) is 2.70. The number of amides is 1. The highest BCUT2D eigenvalue weighted by atomic mass is 32.2. The van der Waals surface area contributed by atoms with Crippen LogP contribution in [0.2, 0.25) is 0 Å². The highest BCUT2D eigenvalue weighted by molar-refractivity contribution is 8.26. The van der Waals surface area contributed by atoms with Crippen LogP contribution in [0.4, 0.5) is 5.69 Å². The number of methoxy groups -OCH3 is 1. The van der Waals surface area contributed by atoms with Crippen LogP contribution >= 0.6 is 24.0 Å². The van der Waals surface area contributed by atoms with Crippen LogP contribution in [0, 0.1) is 10.1 Å². The average Bonchev–Trinajstić information content (AvgIpc) is 2.77. The molecule has 1 N–H and O–H groups in total. The van der Waals surface area contributed by atoms with Gasteiger partial charge in [-0.3, -0.25) is 19.8 Å². The fourth-order valence-corrected chi connectivity index (χ4v) is 3.18. The molecule has 23 heavy (non-hydrogen) atoms. The number of thioether (sulfide) groups is 1. The summed E-state index contributed by atoms with van der Waals surface area (Å²) in [5.41, 5.74) is -0.150. The second-order valence-electron chi connectivity index (χ2n) is 4.42. The van der Waals surface area contributed by atoms with Crippen molar-refractivity contribution < 1.29 is 19.6 Å². The number of phenolic OH excluding ortho intramolecular Hbond substituents is 1. The Morgan fingerprint density at radius 2 is 2.26 bits per heavy atom. The highest BCUT2D eigenvalue weighted by Crippen LogP contribution is 2.39.